The number of fused-ring (bicyclic) bond motifs is 1. The van der Waals surface area contributed by atoms with Crippen molar-refractivity contribution in [1.82, 2.24) is 5.32 Å². The minimum Gasteiger partial charge on any atom is -0.493 e. The van der Waals surface area contributed by atoms with E-state index in [4.69, 9.17) is 9.47 Å². The van der Waals surface area contributed by atoms with Crippen molar-refractivity contribution >= 4 is 0 Å². The molecule has 0 amide bonds. The number of nitrogens with one attached hydrogen (secondary N) is 1. The third-order valence-corrected chi connectivity index (χ3v) is 3.81. The van der Waals surface area contributed by atoms with Gasteiger partial charge in [0, 0.05) is 24.8 Å². The van der Waals surface area contributed by atoms with Crippen LogP contribution >= 0.6 is 0 Å². The fraction of sp³-hybridized carbons (Fsp3) is 0.647. The normalized spacial score (nSPS) is 19.1. The van der Waals surface area contributed by atoms with Crippen molar-refractivity contribution in [1.29, 1.82) is 0 Å². The van der Waals surface area contributed by atoms with Crippen molar-refractivity contribution in [3.05, 3.63) is 29.3 Å². The largest absolute Gasteiger partial charge is 0.493 e. The highest BCUT2D eigenvalue weighted by Gasteiger charge is 2.24. The van der Waals surface area contributed by atoms with Crippen molar-refractivity contribution in [2.24, 2.45) is 0 Å². The minimum absolute atomic E-state index is 0.133. The maximum atomic E-state index is 5.92. The summed E-state index contributed by atoms with van der Waals surface area (Å²) in [5.41, 5.74) is 2.38. The van der Waals surface area contributed by atoms with E-state index in [-0.39, 0.29) is 5.60 Å². The van der Waals surface area contributed by atoms with E-state index in [9.17, 15) is 0 Å². The highest BCUT2D eigenvalue weighted by molar-refractivity contribution is 5.43. The summed E-state index contributed by atoms with van der Waals surface area (Å²) < 4.78 is 11.7. The van der Waals surface area contributed by atoms with Crippen LogP contribution in [0.2, 0.25) is 0 Å². The molecule has 3 nitrogen and oxygen atoms in total. The van der Waals surface area contributed by atoms with Gasteiger partial charge in [0.1, 0.15) is 5.75 Å². The number of rotatable bonds is 5. The van der Waals surface area contributed by atoms with E-state index in [0.717, 1.165) is 38.3 Å². The molecule has 0 spiro atoms. The molecule has 1 aliphatic heterocycles. The molecular formula is C17H27NO2. The maximum Gasteiger partial charge on any atom is 0.126 e. The molecule has 1 heterocycles. The Morgan fingerprint density at radius 3 is 2.95 bits per heavy atom. The number of benzene rings is 1. The van der Waals surface area contributed by atoms with Gasteiger partial charge in [-0.25, -0.2) is 0 Å². The molecule has 112 valence electrons. The molecule has 1 aromatic rings. The molecule has 1 atom stereocenters. The number of hydrogen-bond donors (Lipinski definition) is 1. The van der Waals surface area contributed by atoms with Crippen LogP contribution in [-0.4, -0.2) is 25.4 Å². The van der Waals surface area contributed by atoms with Gasteiger partial charge >= 0.3 is 0 Å². The molecule has 1 aromatic carbocycles. The number of hydrogen-bond acceptors (Lipinski definition) is 3. The van der Waals surface area contributed by atoms with Gasteiger partial charge in [-0.1, -0.05) is 18.2 Å². The maximum absolute atomic E-state index is 5.92. The molecule has 0 bridgehead atoms. The van der Waals surface area contributed by atoms with Crippen molar-refractivity contribution in [2.75, 3.05) is 19.8 Å². The van der Waals surface area contributed by atoms with Crippen LogP contribution in [0, 0.1) is 6.92 Å². The van der Waals surface area contributed by atoms with Crippen LogP contribution in [0.15, 0.2) is 18.2 Å². The second-order valence-corrected chi connectivity index (χ2v) is 6.11. The zero-order valence-corrected chi connectivity index (χ0v) is 13.2. The van der Waals surface area contributed by atoms with Gasteiger partial charge in [-0.15, -0.1) is 0 Å². The smallest absolute Gasteiger partial charge is 0.126 e. The molecule has 0 saturated heterocycles. The van der Waals surface area contributed by atoms with Gasteiger partial charge in [-0.05, 0) is 46.1 Å². The van der Waals surface area contributed by atoms with Gasteiger partial charge in [0.05, 0.1) is 12.2 Å². The number of para-hydroxylation sites is 1. The van der Waals surface area contributed by atoms with Crippen LogP contribution in [0.25, 0.3) is 0 Å². The highest BCUT2D eigenvalue weighted by atomic mass is 16.5. The molecule has 0 aromatic heterocycles. The van der Waals surface area contributed by atoms with E-state index >= 15 is 0 Å². The summed E-state index contributed by atoms with van der Waals surface area (Å²) in [5, 5.41) is 3.67. The summed E-state index contributed by atoms with van der Waals surface area (Å²) in [6.07, 6.45) is 2.19. The summed E-state index contributed by atoms with van der Waals surface area (Å²) in [4.78, 5) is 0. The molecule has 1 unspecified atom stereocenters. The van der Waals surface area contributed by atoms with Gasteiger partial charge in [-0.3, -0.25) is 0 Å². The van der Waals surface area contributed by atoms with Crippen molar-refractivity contribution in [2.45, 2.75) is 52.2 Å². The fourth-order valence-corrected chi connectivity index (χ4v) is 2.79. The second kappa shape index (κ2) is 6.59. The quantitative estimate of drug-likeness (QED) is 0.892. The van der Waals surface area contributed by atoms with Crippen molar-refractivity contribution < 1.29 is 9.47 Å². The zero-order chi connectivity index (χ0) is 14.6. The average Bonchev–Trinajstić information content (AvgIpc) is 2.60. The topological polar surface area (TPSA) is 30.5 Å². The molecule has 0 fully saturated rings. The Labute approximate surface area is 122 Å². The first kappa shape index (κ1) is 15.3. The summed E-state index contributed by atoms with van der Waals surface area (Å²) in [5.74, 6) is 1.07. The van der Waals surface area contributed by atoms with Gasteiger partial charge in [0.15, 0.2) is 0 Å². The Balaban J connectivity index is 2.11. The summed E-state index contributed by atoms with van der Waals surface area (Å²) in [7, 11) is 0. The second-order valence-electron chi connectivity index (χ2n) is 6.11. The lowest BCUT2D eigenvalue weighted by Crippen LogP contribution is -2.39. The van der Waals surface area contributed by atoms with Gasteiger partial charge in [0.25, 0.3) is 0 Å². The predicted octanol–water partition coefficient (Wildman–Crippen LogP) is 3.61. The zero-order valence-electron chi connectivity index (χ0n) is 13.2. The Morgan fingerprint density at radius 1 is 1.40 bits per heavy atom. The van der Waals surface area contributed by atoms with E-state index in [1.54, 1.807) is 0 Å². The molecule has 1 N–H and O–H groups in total. The van der Waals surface area contributed by atoms with E-state index in [1.165, 1.54) is 11.1 Å². The third-order valence-electron chi connectivity index (χ3n) is 3.81. The minimum atomic E-state index is -0.133. The molecular weight excluding hydrogens is 250 g/mol. The number of ether oxygens (including phenoxy) is 2. The van der Waals surface area contributed by atoms with E-state index in [0.29, 0.717) is 6.04 Å². The van der Waals surface area contributed by atoms with Crippen LogP contribution in [-0.2, 0) is 4.74 Å². The van der Waals surface area contributed by atoms with Crippen molar-refractivity contribution in [3.8, 4) is 5.75 Å². The van der Waals surface area contributed by atoms with Crippen LogP contribution in [0.4, 0.5) is 0 Å². The van der Waals surface area contributed by atoms with Gasteiger partial charge in [-0.2, -0.15) is 0 Å². The SMILES string of the molecule is CCOC(C)(C)CNC1CCCOc2c(C)cccc21. The molecule has 2 rings (SSSR count). The van der Waals surface area contributed by atoms with E-state index in [2.05, 4.69) is 44.3 Å². The summed E-state index contributed by atoms with van der Waals surface area (Å²) in [6.45, 7) is 10.8. The van der Waals surface area contributed by atoms with Crippen LogP contribution in [0.5, 0.6) is 5.75 Å². The molecule has 1 aliphatic rings. The van der Waals surface area contributed by atoms with Crippen LogP contribution < -0.4 is 10.1 Å². The fourth-order valence-electron chi connectivity index (χ4n) is 2.79. The van der Waals surface area contributed by atoms with Crippen molar-refractivity contribution in [3.63, 3.8) is 0 Å². The molecule has 20 heavy (non-hydrogen) atoms. The molecule has 0 radical (unpaired) electrons. The van der Waals surface area contributed by atoms with Crippen LogP contribution in [0.1, 0.15) is 50.8 Å². The molecule has 0 aliphatic carbocycles. The molecule has 0 saturated carbocycles. The standard InChI is InChI=1S/C17H27NO2/c1-5-20-17(3,4)12-18-15-10-7-11-19-16-13(2)8-6-9-14(15)16/h6,8-9,15,18H,5,7,10-12H2,1-4H3. The first-order chi connectivity index (χ1) is 9.53. The summed E-state index contributed by atoms with van der Waals surface area (Å²) in [6, 6.07) is 6.77. The van der Waals surface area contributed by atoms with E-state index in [1.807, 2.05) is 6.92 Å². The van der Waals surface area contributed by atoms with E-state index < -0.39 is 0 Å². The average molecular weight is 277 g/mol. The first-order valence-electron chi connectivity index (χ1n) is 7.63. The lowest BCUT2D eigenvalue weighted by molar-refractivity contribution is -0.0108. The summed E-state index contributed by atoms with van der Waals surface area (Å²) >= 11 is 0. The lowest BCUT2D eigenvalue weighted by Gasteiger charge is -2.28. The number of aryl methyl sites for hydroxylation is 1. The highest BCUT2D eigenvalue weighted by Crippen LogP contribution is 2.34. The Morgan fingerprint density at radius 2 is 2.20 bits per heavy atom. The monoisotopic (exact) mass is 277 g/mol. The first-order valence-corrected chi connectivity index (χ1v) is 7.63. The Bertz CT molecular complexity index is 443. The predicted molar refractivity (Wildman–Crippen MR) is 82.4 cm³/mol. The Kier molecular flexibility index (Phi) is 5.06. The Hall–Kier alpha value is -1.06. The van der Waals surface area contributed by atoms with Crippen LogP contribution in [0.3, 0.4) is 0 Å². The lowest BCUT2D eigenvalue weighted by atomic mass is 9.99. The third kappa shape index (κ3) is 3.74. The van der Waals surface area contributed by atoms with Gasteiger partial charge in [0.2, 0.25) is 0 Å². The van der Waals surface area contributed by atoms with Gasteiger partial charge < -0.3 is 14.8 Å². The molecule has 3 heteroatoms.